The first-order valence-electron chi connectivity index (χ1n) is 5.51. The molecule has 3 N–H and O–H groups in total. The quantitative estimate of drug-likeness (QED) is 0.718. The molecule has 3 rings (SSSR count). The normalized spacial score (nSPS) is 13.6. The number of phenolic OH excluding ortho intramolecular Hbond substituents is 1. The number of benzene rings is 2. The average molecular weight is 241 g/mol. The molecule has 0 amide bonds. The Balaban J connectivity index is 2.19. The molecule has 2 aromatic rings. The SMILES string of the molecule is OC1=C(c2ccccc2)NOc2cccc(O)c21. The molecular weight excluding hydrogens is 230 g/mol. The highest BCUT2D eigenvalue weighted by Gasteiger charge is 2.23. The number of aromatic hydroxyl groups is 1. The fourth-order valence-corrected chi connectivity index (χ4v) is 1.92. The lowest BCUT2D eigenvalue weighted by Crippen LogP contribution is -2.23. The summed E-state index contributed by atoms with van der Waals surface area (Å²) in [6, 6.07) is 14.1. The van der Waals surface area contributed by atoms with Crippen molar-refractivity contribution < 1.29 is 15.1 Å². The molecule has 2 aromatic carbocycles. The van der Waals surface area contributed by atoms with Crippen molar-refractivity contribution in [2.24, 2.45) is 0 Å². The number of aliphatic hydroxyl groups is 1. The number of phenols is 1. The van der Waals surface area contributed by atoms with Crippen molar-refractivity contribution in [2.75, 3.05) is 0 Å². The second kappa shape index (κ2) is 4.00. The number of hydroxylamine groups is 1. The standard InChI is InChI=1S/C14H11NO3/c16-10-7-4-8-11-12(10)14(17)13(15-18-11)9-5-2-1-3-6-9/h1-8,15-17H. The van der Waals surface area contributed by atoms with E-state index >= 15 is 0 Å². The van der Waals surface area contributed by atoms with E-state index in [0.717, 1.165) is 5.56 Å². The van der Waals surface area contributed by atoms with Crippen molar-refractivity contribution >= 4 is 11.5 Å². The maximum atomic E-state index is 10.2. The van der Waals surface area contributed by atoms with Gasteiger partial charge >= 0.3 is 0 Å². The maximum absolute atomic E-state index is 10.2. The zero-order valence-corrected chi connectivity index (χ0v) is 9.42. The van der Waals surface area contributed by atoms with Crippen LogP contribution in [0.3, 0.4) is 0 Å². The van der Waals surface area contributed by atoms with E-state index in [4.69, 9.17) is 4.84 Å². The Bertz CT molecular complexity index is 620. The lowest BCUT2D eigenvalue weighted by molar-refractivity contribution is 0.240. The highest BCUT2D eigenvalue weighted by molar-refractivity contribution is 5.90. The van der Waals surface area contributed by atoms with Crippen molar-refractivity contribution in [3.63, 3.8) is 0 Å². The van der Waals surface area contributed by atoms with Crippen molar-refractivity contribution in [2.45, 2.75) is 0 Å². The van der Waals surface area contributed by atoms with E-state index in [0.29, 0.717) is 17.0 Å². The Kier molecular flexibility index (Phi) is 2.34. The van der Waals surface area contributed by atoms with Crippen LogP contribution in [0.15, 0.2) is 48.5 Å². The number of nitrogens with one attached hydrogen (secondary N) is 1. The number of rotatable bonds is 1. The molecule has 0 unspecified atom stereocenters. The molecule has 0 fully saturated rings. The summed E-state index contributed by atoms with van der Waals surface area (Å²) in [5.41, 5.74) is 4.20. The molecule has 18 heavy (non-hydrogen) atoms. The van der Waals surface area contributed by atoms with Crippen molar-refractivity contribution in [3.05, 3.63) is 59.7 Å². The molecule has 0 aliphatic carbocycles. The summed E-state index contributed by atoms with van der Waals surface area (Å²) < 4.78 is 0. The van der Waals surface area contributed by atoms with Gasteiger partial charge in [-0.3, -0.25) is 0 Å². The Hall–Kier alpha value is -2.62. The van der Waals surface area contributed by atoms with Crippen molar-refractivity contribution in [1.82, 2.24) is 5.48 Å². The molecule has 0 bridgehead atoms. The van der Waals surface area contributed by atoms with Gasteiger partial charge in [0.25, 0.3) is 0 Å². The monoisotopic (exact) mass is 241 g/mol. The van der Waals surface area contributed by atoms with Crippen LogP contribution in [-0.4, -0.2) is 10.2 Å². The Morgan fingerprint density at radius 2 is 1.67 bits per heavy atom. The summed E-state index contributed by atoms with van der Waals surface area (Å²) in [7, 11) is 0. The van der Waals surface area contributed by atoms with Crippen LogP contribution in [-0.2, 0) is 0 Å². The van der Waals surface area contributed by atoms with Gasteiger partial charge in [0.05, 0.1) is 0 Å². The van der Waals surface area contributed by atoms with Gasteiger partial charge in [0.15, 0.2) is 11.5 Å². The zero-order valence-electron chi connectivity index (χ0n) is 9.42. The molecule has 0 aromatic heterocycles. The molecular formula is C14H11NO3. The van der Waals surface area contributed by atoms with Crippen molar-refractivity contribution in [1.29, 1.82) is 0 Å². The van der Waals surface area contributed by atoms with Gasteiger partial charge in [-0.25, -0.2) is 5.48 Å². The molecule has 0 atom stereocenters. The Morgan fingerprint density at radius 3 is 2.44 bits per heavy atom. The largest absolute Gasteiger partial charge is 0.507 e. The maximum Gasteiger partial charge on any atom is 0.169 e. The Morgan fingerprint density at radius 1 is 0.889 bits per heavy atom. The highest BCUT2D eigenvalue weighted by Crippen LogP contribution is 2.38. The first kappa shape index (κ1) is 10.5. The first-order valence-corrected chi connectivity index (χ1v) is 5.51. The molecule has 4 nitrogen and oxygen atoms in total. The van der Waals surface area contributed by atoms with Crippen LogP contribution in [0, 0.1) is 0 Å². The third-order valence-corrected chi connectivity index (χ3v) is 2.80. The Labute approximate surface area is 104 Å². The summed E-state index contributed by atoms with van der Waals surface area (Å²) in [4.78, 5) is 5.31. The van der Waals surface area contributed by atoms with Crippen LogP contribution in [0.5, 0.6) is 11.5 Å². The second-order valence-electron chi connectivity index (χ2n) is 3.94. The molecule has 0 radical (unpaired) electrons. The first-order chi connectivity index (χ1) is 8.77. The number of aliphatic hydroxyl groups excluding tert-OH is 1. The molecule has 0 saturated carbocycles. The van der Waals surface area contributed by atoms with Crippen molar-refractivity contribution in [3.8, 4) is 11.5 Å². The van der Waals surface area contributed by atoms with E-state index in [1.807, 2.05) is 30.3 Å². The van der Waals surface area contributed by atoms with Gasteiger partial charge in [0.1, 0.15) is 17.0 Å². The van der Waals surface area contributed by atoms with Gasteiger partial charge < -0.3 is 15.1 Å². The predicted octanol–water partition coefficient (Wildman–Crippen LogP) is 2.67. The van der Waals surface area contributed by atoms with Gasteiger partial charge in [-0.2, -0.15) is 0 Å². The van der Waals surface area contributed by atoms with Gasteiger partial charge in [-0.05, 0) is 12.1 Å². The summed E-state index contributed by atoms with van der Waals surface area (Å²) >= 11 is 0. The minimum atomic E-state index is -0.0273. The average Bonchev–Trinajstić information content (AvgIpc) is 2.40. The van der Waals surface area contributed by atoms with Crippen LogP contribution in [0.4, 0.5) is 0 Å². The van der Waals surface area contributed by atoms with E-state index in [1.54, 1.807) is 12.1 Å². The lowest BCUT2D eigenvalue weighted by Gasteiger charge is -2.22. The molecule has 4 heteroatoms. The smallest absolute Gasteiger partial charge is 0.169 e. The van der Waals surface area contributed by atoms with E-state index in [9.17, 15) is 10.2 Å². The topological polar surface area (TPSA) is 61.7 Å². The van der Waals surface area contributed by atoms with E-state index in [1.165, 1.54) is 6.07 Å². The summed E-state index contributed by atoms with van der Waals surface area (Å²) in [5.74, 6) is 0.354. The van der Waals surface area contributed by atoms with Crippen LogP contribution in [0.25, 0.3) is 11.5 Å². The minimum absolute atomic E-state index is 0.0140. The van der Waals surface area contributed by atoms with Crippen LogP contribution in [0.2, 0.25) is 0 Å². The summed E-state index contributed by atoms with van der Waals surface area (Å²) in [5, 5.41) is 20.0. The molecule has 0 saturated heterocycles. The van der Waals surface area contributed by atoms with Crippen LogP contribution >= 0.6 is 0 Å². The van der Waals surface area contributed by atoms with E-state index in [2.05, 4.69) is 5.48 Å². The van der Waals surface area contributed by atoms with E-state index in [-0.39, 0.29) is 11.5 Å². The van der Waals surface area contributed by atoms with Gasteiger partial charge in [-0.1, -0.05) is 36.4 Å². The van der Waals surface area contributed by atoms with Gasteiger partial charge in [0, 0.05) is 5.56 Å². The molecule has 0 spiro atoms. The fraction of sp³-hybridized carbons (Fsp3) is 0. The minimum Gasteiger partial charge on any atom is -0.507 e. The molecule has 90 valence electrons. The van der Waals surface area contributed by atoms with Gasteiger partial charge in [0.2, 0.25) is 0 Å². The van der Waals surface area contributed by atoms with E-state index < -0.39 is 0 Å². The second-order valence-corrected chi connectivity index (χ2v) is 3.94. The summed E-state index contributed by atoms with van der Waals surface area (Å²) in [6.07, 6.45) is 0. The molecule has 1 aliphatic heterocycles. The zero-order chi connectivity index (χ0) is 12.5. The van der Waals surface area contributed by atoms with Gasteiger partial charge in [-0.15, -0.1) is 0 Å². The van der Waals surface area contributed by atoms with Crippen LogP contribution in [0.1, 0.15) is 11.1 Å². The lowest BCUT2D eigenvalue weighted by atomic mass is 10.0. The summed E-state index contributed by atoms with van der Waals surface area (Å²) in [6.45, 7) is 0. The number of hydrogen-bond acceptors (Lipinski definition) is 4. The third-order valence-electron chi connectivity index (χ3n) is 2.80. The predicted molar refractivity (Wildman–Crippen MR) is 67.8 cm³/mol. The highest BCUT2D eigenvalue weighted by atomic mass is 16.6. The third kappa shape index (κ3) is 1.55. The molecule has 1 heterocycles. The number of fused-ring (bicyclic) bond motifs is 1. The fourth-order valence-electron chi connectivity index (χ4n) is 1.92. The molecule has 1 aliphatic rings. The number of hydrogen-bond donors (Lipinski definition) is 3. The van der Waals surface area contributed by atoms with Crippen LogP contribution < -0.4 is 10.3 Å².